The van der Waals surface area contributed by atoms with Crippen LogP contribution in [0.25, 0.3) is 21.9 Å². The smallest absolute Gasteiger partial charge is 0.413 e. The van der Waals surface area contributed by atoms with E-state index in [0.29, 0.717) is 45.1 Å². The second-order valence-electron chi connectivity index (χ2n) is 13.8. The van der Waals surface area contributed by atoms with E-state index in [4.69, 9.17) is 57.0 Å². The maximum Gasteiger partial charge on any atom is 0.413 e. The van der Waals surface area contributed by atoms with Gasteiger partial charge in [0, 0.05) is 89.8 Å². The lowest BCUT2D eigenvalue weighted by Crippen LogP contribution is -2.21. The van der Waals surface area contributed by atoms with Gasteiger partial charge in [0.25, 0.3) is 0 Å². The van der Waals surface area contributed by atoms with E-state index in [1.807, 2.05) is 36.4 Å². The topological polar surface area (TPSA) is 151 Å². The summed E-state index contributed by atoms with van der Waals surface area (Å²) in [6.07, 6.45) is 0.706. The van der Waals surface area contributed by atoms with Crippen molar-refractivity contribution in [2.45, 2.75) is 53.8 Å². The van der Waals surface area contributed by atoms with Crippen LogP contribution in [0.3, 0.4) is 0 Å². The molecule has 0 atom stereocenters. The van der Waals surface area contributed by atoms with Crippen LogP contribution in [-0.4, -0.2) is 69.5 Å². The zero-order chi connectivity index (χ0) is 43.6. The highest BCUT2D eigenvalue weighted by Gasteiger charge is 2.20. The Labute approximate surface area is 364 Å². The molecule has 3 aromatic heterocycles. The van der Waals surface area contributed by atoms with Crippen LogP contribution in [0.2, 0.25) is 0 Å². The second kappa shape index (κ2) is 20.3. The molecule has 3 aromatic carbocycles. The predicted molar refractivity (Wildman–Crippen MR) is 239 cm³/mol. The minimum atomic E-state index is -0.789. The van der Waals surface area contributed by atoms with E-state index in [0.717, 1.165) is 53.9 Å². The van der Waals surface area contributed by atoms with Gasteiger partial charge in [-0.25, -0.2) is 14.8 Å². The van der Waals surface area contributed by atoms with E-state index >= 15 is 0 Å². The Morgan fingerprint density at radius 3 is 1.70 bits per heavy atom. The molecule has 14 nitrogen and oxygen atoms in total. The van der Waals surface area contributed by atoms with Crippen molar-refractivity contribution in [2.75, 3.05) is 62.6 Å². The lowest BCUT2D eigenvalue weighted by molar-refractivity contribution is -0.144. The van der Waals surface area contributed by atoms with Crippen LogP contribution in [0.15, 0.2) is 75.7 Å². The Bertz CT molecular complexity index is 2630. The molecule has 3 heterocycles. The number of carbonyl (C=O) groups excluding carboxylic acids is 2. The molecule has 320 valence electrons. The molecule has 0 aliphatic carbocycles. The maximum absolute atomic E-state index is 13.5. The Hall–Kier alpha value is -6.26. The fourth-order valence-corrected chi connectivity index (χ4v) is 7.55. The predicted octanol–water partition coefficient (Wildman–Crippen LogP) is 9.77. The molecule has 0 unspecified atom stereocenters. The molecule has 16 heteroatoms. The van der Waals surface area contributed by atoms with Crippen LogP contribution >= 0.6 is 24.4 Å². The molecular weight excluding hydrogens is 819 g/mol. The molecule has 0 radical (unpaired) electrons. The summed E-state index contributed by atoms with van der Waals surface area (Å²) in [4.78, 5) is 40.3. The van der Waals surface area contributed by atoms with Crippen LogP contribution in [-0.2, 0) is 40.3 Å². The lowest BCUT2D eigenvalue weighted by atomic mass is 10.1. The van der Waals surface area contributed by atoms with Crippen LogP contribution in [0.4, 0.5) is 22.0 Å². The Kier molecular flexibility index (Phi) is 14.8. The van der Waals surface area contributed by atoms with Crippen molar-refractivity contribution in [3.8, 4) is 17.2 Å². The number of hydrogen-bond acceptors (Lipinski definition) is 15. The number of rotatable bonds is 18. The number of methoxy groups -OCH3 is 3. The summed E-state index contributed by atoms with van der Waals surface area (Å²) in [6, 6.07) is 18.7. The number of fused-ring (bicyclic) bond motifs is 2. The summed E-state index contributed by atoms with van der Waals surface area (Å²) in [6.45, 7) is 11.5. The Morgan fingerprint density at radius 1 is 0.689 bits per heavy atom. The number of ether oxygens (including phenoxy) is 5. The fourth-order valence-electron chi connectivity index (χ4n) is 7.08. The van der Waals surface area contributed by atoms with Gasteiger partial charge in [0.1, 0.15) is 42.4 Å². The van der Waals surface area contributed by atoms with Gasteiger partial charge in [0.2, 0.25) is 5.75 Å². The van der Waals surface area contributed by atoms with Crippen molar-refractivity contribution in [2.24, 2.45) is 0 Å². The quantitative estimate of drug-likeness (QED) is 0.0644. The lowest BCUT2D eigenvalue weighted by Gasteiger charge is -2.21. The zero-order valence-electron chi connectivity index (χ0n) is 35.3. The van der Waals surface area contributed by atoms with Crippen molar-refractivity contribution >= 4 is 75.6 Å². The third-order valence-corrected chi connectivity index (χ3v) is 10.6. The number of carbonyl (C=O) groups is 2. The summed E-state index contributed by atoms with van der Waals surface area (Å²) in [5.74, 6) is 0.990. The highest BCUT2D eigenvalue weighted by Crippen LogP contribution is 2.39. The first-order chi connectivity index (χ1) is 29.5. The SMILES string of the molecule is CCN(CC)c1ccc2c(COC(=O)Cc3ncc(Cc4cc(OC)c(OC)c(OC)c4)c(NC(=O)OCc4cc(=S)oc5cc(N(CC)CC)ccc45)n3)cc(=S)oc2c1. The highest BCUT2D eigenvalue weighted by atomic mass is 32.1. The van der Waals surface area contributed by atoms with Gasteiger partial charge in [-0.1, -0.05) is 0 Å². The molecule has 0 aliphatic rings. The molecule has 0 spiro atoms. The van der Waals surface area contributed by atoms with Gasteiger partial charge in [-0.2, -0.15) is 0 Å². The minimum Gasteiger partial charge on any atom is -0.493 e. The van der Waals surface area contributed by atoms with E-state index in [9.17, 15) is 9.59 Å². The average molecular weight is 868 g/mol. The van der Waals surface area contributed by atoms with E-state index in [1.165, 1.54) is 21.3 Å². The van der Waals surface area contributed by atoms with Crippen molar-refractivity contribution in [1.82, 2.24) is 9.97 Å². The van der Waals surface area contributed by atoms with Gasteiger partial charge in [-0.05, 0) is 106 Å². The van der Waals surface area contributed by atoms with Crippen LogP contribution in [0.1, 0.15) is 55.8 Å². The monoisotopic (exact) mass is 867 g/mol. The van der Waals surface area contributed by atoms with Crippen LogP contribution < -0.4 is 29.3 Å². The molecule has 1 amide bonds. The standard InChI is InChI=1S/C45H49N5O9S2/c1-8-49(9-2)31-12-14-33-29(19-41(60)58-35(33)21-31)25-56-40(51)23-39-46-24-28(16-27-17-37(53-5)43(55-7)38(18-27)54-6)44(47-39)48-45(52)57-26-30-20-42(61)59-36-22-32(13-15-34(30)36)50(10-3)11-4/h12-15,17-22,24H,8-11,16,23,25-26H2,1-7H3,(H,46,47,48,52). The van der Waals surface area contributed by atoms with E-state index in [2.05, 4.69) is 52.8 Å². The van der Waals surface area contributed by atoms with Crippen molar-refractivity contribution in [3.05, 3.63) is 104 Å². The number of hydrogen-bond donors (Lipinski definition) is 1. The second-order valence-corrected chi connectivity index (χ2v) is 14.6. The molecule has 1 N–H and O–H groups in total. The van der Waals surface area contributed by atoms with E-state index < -0.39 is 12.1 Å². The number of aromatic nitrogens is 2. The first kappa shape index (κ1) is 44.3. The molecule has 61 heavy (non-hydrogen) atoms. The van der Waals surface area contributed by atoms with Gasteiger partial charge < -0.3 is 42.3 Å². The third-order valence-electron chi connectivity index (χ3n) is 10.2. The van der Waals surface area contributed by atoms with Crippen LogP contribution in [0.5, 0.6) is 17.2 Å². The van der Waals surface area contributed by atoms with Crippen molar-refractivity contribution < 1.29 is 42.1 Å². The molecular formula is C45H49N5O9S2. The van der Waals surface area contributed by atoms with Crippen LogP contribution in [0, 0.1) is 9.41 Å². The molecule has 0 saturated heterocycles. The molecule has 6 aromatic rings. The first-order valence-electron chi connectivity index (χ1n) is 19.9. The van der Waals surface area contributed by atoms with Gasteiger partial charge in [0.05, 0.1) is 21.3 Å². The number of nitrogens with zero attached hydrogens (tertiary/aromatic N) is 4. The largest absolute Gasteiger partial charge is 0.493 e. The first-order valence-corrected chi connectivity index (χ1v) is 20.7. The summed E-state index contributed by atoms with van der Waals surface area (Å²) >= 11 is 10.8. The number of amides is 1. The van der Waals surface area contributed by atoms with Gasteiger partial charge >= 0.3 is 12.1 Å². The molecule has 0 bridgehead atoms. The number of esters is 1. The normalized spacial score (nSPS) is 11.0. The Balaban J connectivity index is 1.23. The molecule has 6 rings (SSSR count). The molecule has 0 aliphatic heterocycles. The molecule has 0 saturated carbocycles. The number of benzene rings is 3. The summed E-state index contributed by atoms with van der Waals surface area (Å²) in [7, 11) is 4.58. The van der Waals surface area contributed by atoms with E-state index in [1.54, 1.807) is 30.5 Å². The van der Waals surface area contributed by atoms with Gasteiger partial charge in [0.15, 0.2) is 20.9 Å². The maximum atomic E-state index is 13.5. The van der Waals surface area contributed by atoms with Gasteiger partial charge in [-0.15, -0.1) is 0 Å². The minimum absolute atomic E-state index is 0.0547. The summed E-state index contributed by atoms with van der Waals surface area (Å²) in [5.41, 5.74) is 5.81. The number of anilines is 3. The van der Waals surface area contributed by atoms with Crippen molar-refractivity contribution in [3.63, 3.8) is 0 Å². The average Bonchev–Trinajstić information content (AvgIpc) is 3.25. The number of nitrogens with one attached hydrogen (secondary N) is 1. The van der Waals surface area contributed by atoms with E-state index in [-0.39, 0.29) is 47.1 Å². The summed E-state index contributed by atoms with van der Waals surface area (Å²) in [5, 5.41) is 4.31. The zero-order valence-corrected chi connectivity index (χ0v) is 36.9. The highest BCUT2D eigenvalue weighted by molar-refractivity contribution is 7.71. The fraction of sp³-hybridized carbons (Fsp3) is 0.333. The summed E-state index contributed by atoms with van der Waals surface area (Å²) < 4.78 is 40.3. The third kappa shape index (κ3) is 10.6. The van der Waals surface area contributed by atoms with Gasteiger partial charge in [-0.3, -0.25) is 10.1 Å². The Morgan fingerprint density at radius 2 is 1.21 bits per heavy atom. The molecule has 0 fully saturated rings. The van der Waals surface area contributed by atoms with Crippen molar-refractivity contribution in [1.29, 1.82) is 0 Å².